The molecule has 0 aliphatic carbocycles. The van der Waals surface area contributed by atoms with Gasteiger partial charge in [0.25, 0.3) is 5.56 Å². The number of aromatic nitrogens is 2. The van der Waals surface area contributed by atoms with Crippen LogP contribution in [0.1, 0.15) is 33.1 Å². The maximum absolute atomic E-state index is 12.8. The average Bonchev–Trinajstić information content (AvgIpc) is 3.11. The van der Waals surface area contributed by atoms with Crippen molar-refractivity contribution in [1.82, 2.24) is 14.5 Å². The molecular weight excluding hydrogens is 358 g/mol. The molecule has 1 fully saturated rings. The molecule has 5 nitrogen and oxygen atoms in total. The van der Waals surface area contributed by atoms with Crippen LogP contribution in [0, 0.1) is 0 Å². The van der Waals surface area contributed by atoms with Gasteiger partial charge in [0.2, 0.25) is 5.91 Å². The molecule has 0 radical (unpaired) electrons. The number of halogens is 1. The molecule has 1 saturated heterocycles. The Kier molecular flexibility index (Phi) is 5.69. The topological polar surface area (TPSA) is 55.2 Å². The van der Waals surface area contributed by atoms with Gasteiger partial charge in [-0.25, -0.2) is 4.98 Å². The summed E-state index contributed by atoms with van der Waals surface area (Å²) in [5.74, 6) is 0.117. The Morgan fingerprint density at radius 3 is 2.76 bits per heavy atom. The summed E-state index contributed by atoms with van der Waals surface area (Å²) in [6.07, 6.45) is 2.95. The van der Waals surface area contributed by atoms with Gasteiger partial charge in [0.1, 0.15) is 0 Å². The van der Waals surface area contributed by atoms with Gasteiger partial charge in [-0.3, -0.25) is 14.2 Å². The number of carbonyl (C=O) groups excluding carboxylic acids is 1. The summed E-state index contributed by atoms with van der Waals surface area (Å²) in [5.41, 5.74) is 0.500. The van der Waals surface area contributed by atoms with Crippen LogP contribution in [0.2, 0.25) is 5.02 Å². The molecule has 2 heterocycles. The molecule has 25 heavy (non-hydrogen) atoms. The van der Waals surface area contributed by atoms with Gasteiger partial charge in [-0.1, -0.05) is 30.3 Å². The second-order valence-electron chi connectivity index (χ2n) is 6.31. The van der Waals surface area contributed by atoms with Gasteiger partial charge in [0, 0.05) is 24.7 Å². The minimum absolute atomic E-state index is 0.0770. The Labute approximate surface area is 156 Å². The van der Waals surface area contributed by atoms with Gasteiger partial charge in [0.05, 0.1) is 16.2 Å². The first-order valence-corrected chi connectivity index (χ1v) is 9.92. The van der Waals surface area contributed by atoms with E-state index in [2.05, 4.69) is 4.98 Å². The fourth-order valence-corrected chi connectivity index (χ4v) is 4.27. The van der Waals surface area contributed by atoms with Crippen LogP contribution in [-0.4, -0.2) is 38.7 Å². The van der Waals surface area contributed by atoms with Gasteiger partial charge in [-0.2, -0.15) is 0 Å². The van der Waals surface area contributed by atoms with Crippen molar-refractivity contribution in [2.45, 2.75) is 50.1 Å². The van der Waals surface area contributed by atoms with Gasteiger partial charge in [-0.15, -0.1) is 0 Å². The van der Waals surface area contributed by atoms with E-state index in [1.165, 1.54) is 11.8 Å². The van der Waals surface area contributed by atoms with Gasteiger partial charge in [-0.05, 0) is 44.4 Å². The molecule has 7 heteroatoms. The molecule has 3 rings (SSSR count). The highest BCUT2D eigenvalue weighted by atomic mass is 35.5. The van der Waals surface area contributed by atoms with E-state index in [-0.39, 0.29) is 16.7 Å². The van der Waals surface area contributed by atoms with Gasteiger partial charge < -0.3 is 4.90 Å². The maximum Gasteiger partial charge on any atom is 0.262 e. The minimum atomic E-state index is -0.273. The lowest BCUT2D eigenvalue weighted by atomic mass is 10.2. The lowest BCUT2D eigenvalue weighted by Crippen LogP contribution is -2.34. The number of fused-ring (bicyclic) bond motifs is 1. The molecule has 0 spiro atoms. The molecule has 0 N–H and O–H groups in total. The molecular formula is C18H22ClN3O2S. The Morgan fingerprint density at radius 1 is 1.36 bits per heavy atom. The minimum Gasteiger partial charge on any atom is -0.342 e. The third-order valence-corrected chi connectivity index (χ3v) is 5.69. The zero-order valence-electron chi connectivity index (χ0n) is 14.5. The van der Waals surface area contributed by atoms with Crippen molar-refractivity contribution in [2.75, 3.05) is 13.1 Å². The number of thioether (sulfide) groups is 1. The lowest BCUT2D eigenvalue weighted by Gasteiger charge is -2.21. The highest BCUT2D eigenvalue weighted by Gasteiger charge is 2.25. The Bertz CT molecular complexity index is 846. The Hall–Kier alpha value is -1.53. The van der Waals surface area contributed by atoms with Gasteiger partial charge in [0.15, 0.2) is 5.16 Å². The maximum atomic E-state index is 12.8. The molecule has 1 aromatic carbocycles. The van der Waals surface area contributed by atoms with E-state index < -0.39 is 0 Å². The van der Waals surface area contributed by atoms with Crippen LogP contribution in [0.25, 0.3) is 10.9 Å². The lowest BCUT2D eigenvalue weighted by molar-refractivity contribution is -0.129. The summed E-state index contributed by atoms with van der Waals surface area (Å²) in [6.45, 7) is 6.14. The van der Waals surface area contributed by atoms with E-state index in [0.29, 0.717) is 27.6 Å². The van der Waals surface area contributed by atoms with Gasteiger partial charge >= 0.3 is 0 Å². The number of amides is 1. The van der Waals surface area contributed by atoms with Crippen LogP contribution < -0.4 is 5.56 Å². The highest BCUT2D eigenvalue weighted by Crippen LogP contribution is 2.26. The van der Waals surface area contributed by atoms with E-state index in [1.54, 1.807) is 22.8 Å². The quantitative estimate of drug-likeness (QED) is 0.588. The summed E-state index contributed by atoms with van der Waals surface area (Å²) in [5, 5.41) is 1.41. The first kappa shape index (κ1) is 18.3. The molecule has 1 aliphatic heterocycles. The molecule has 1 aromatic heterocycles. The summed E-state index contributed by atoms with van der Waals surface area (Å²) < 4.78 is 1.68. The molecule has 0 unspecified atom stereocenters. The van der Waals surface area contributed by atoms with E-state index in [0.717, 1.165) is 32.4 Å². The van der Waals surface area contributed by atoms with E-state index in [1.807, 2.05) is 18.7 Å². The number of nitrogens with zero attached hydrogens (tertiary/aromatic N) is 3. The summed E-state index contributed by atoms with van der Waals surface area (Å²) >= 11 is 7.41. The Balaban J connectivity index is 1.97. The van der Waals surface area contributed by atoms with Crippen LogP contribution in [0.15, 0.2) is 28.2 Å². The number of hydrogen-bond acceptors (Lipinski definition) is 4. The third kappa shape index (κ3) is 3.85. The normalized spacial score (nSPS) is 15.7. The summed E-state index contributed by atoms with van der Waals surface area (Å²) in [7, 11) is 0. The number of carbonyl (C=O) groups is 1. The Morgan fingerprint density at radius 2 is 2.08 bits per heavy atom. The molecule has 2 aromatic rings. The van der Waals surface area contributed by atoms with Crippen molar-refractivity contribution >= 4 is 40.2 Å². The monoisotopic (exact) mass is 379 g/mol. The number of rotatable bonds is 5. The number of likely N-dealkylation sites (tertiary alicyclic amines) is 1. The van der Waals surface area contributed by atoms with Crippen molar-refractivity contribution in [2.24, 2.45) is 0 Å². The van der Waals surface area contributed by atoms with Crippen LogP contribution >= 0.6 is 23.4 Å². The van der Waals surface area contributed by atoms with E-state index in [9.17, 15) is 9.59 Å². The summed E-state index contributed by atoms with van der Waals surface area (Å²) in [4.78, 5) is 32.0. The smallest absolute Gasteiger partial charge is 0.262 e. The first-order chi connectivity index (χ1) is 12.0. The van der Waals surface area contributed by atoms with Crippen molar-refractivity contribution < 1.29 is 4.79 Å². The van der Waals surface area contributed by atoms with Crippen LogP contribution in [0.4, 0.5) is 0 Å². The van der Waals surface area contributed by atoms with E-state index in [4.69, 9.17) is 11.6 Å². The SMILES string of the molecule is CCCn1c(S[C@@H](C)C(=O)N2CCCC2)nc2cc(Cl)ccc2c1=O. The molecule has 0 saturated carbocycles. The standard InChI is InChI=1S/C18H22ClN3O2S/c1-3-8-22-17(24)14-7-6-13(19)11-15(14)20-18(22)25-12(2)16(23)21-9-4-5-10-21/h6-7,11-12H,3-5,8-10H2,1-2H3/t12-/m0/s1. The van der Waals surface area contributed by atoms with Crippen molar-refractivity contribution in [3.05, 3.63) is 33.6 Å². The average molecular weight is 380 g/mol. The fourth-order valence-electron chi connectivity index (χ4n) is 3.09. The van der Waals surface area contributed by atoms with Crippen LogP contribution in [-0.2, 0) is 11.3 Å². The van der Waals surface area contributed by atoms with Crippen molar-refractivity contribution in [1.29, 1.82) is 0 Å². The fraction of sp³-hybridized carbons (Fsp3) is 0.500. The first-order valence-electron chi connectivity index (χ1n) is 8.66. The van der Waals surface area contributed by atoms with Crippen molar-refractivity contribution in [3.8, 4) is 0 Å². The predicted molar refractivity (Wildman–Crippen MR) is 102 cm³/mol. The molecule has 0 bridgehead atoms. The molecule has 1 amide bonds. The second-order valence-corrected chi connectivity index (χ2v) is 8.05. The molecule has 1 atom stereocenters. The molecule has 134 valence electrons. The number of benzene rings is 1. The highest BCUT2D eigenvalue weighted by molar-refractivity contribution is 8.00. The third-order valence-electron chi connectivity index (χ3n) is 4.38. The largest absolute Gasteiger partial charge is 0.342 e. The number of hydrogen-bond donors (Lipinski definition) is 0. The zero-order valence-corrected chi connectivity index (χ0v) is 16.1. The van der Waals surface area contributed by atoms with Crippen LogP contribution in [0.5, 0.6) is 0 Å². The van der Waals surface area contributed by atoms with Crippen molar-refractivity contribution in [3.63, 3.8) is 0 Å². The molecule has 1 aliphatic rings. The summed E-state index contributed by atoms with van der Waals surface area (Å²) in [6, 6.07) is 5.12. The van der Waals surface area contributed by atoms with Crippen LogP contribution in [0.3, 0.4) is 0 Å². The predicted octanol–water partition coefficient (Wildman–Crippen LogP) is 3.56. The zero-order chi connectivity index (χ0) is 18.0. The van der Waals surface area contributed by atoms with E-state index >= 15 is 0 Å². The second kappa shape index (κ2) is 7.79.